The van der Waals surface area contributed by atoms with Crippen molar-refractivity contribution in [3.05, 3.63) is 72.0 Å². The molecule has 1 heterocycles. The van der Waals surface area contributed by atoms with E-state index in [1.165, 1.54) is 40.8 Å². The van der Waals surface area contributed by atoms with Crippen LogP contribution in [0.25, 0.3) is 0 Å². The van der Waals surface area contributed by atoms with E-state index in [0.717, 1.165) is 10.5 Å². The Morgan fingerprint density at radius 3 is 2.04 bits per heavy atom. The smallest absolute Gasteiger partial charge is 0.327 e. The monoisotopic (exact) mass is 953 g/mol. The van der Waals surface area contributed by atoms with E-state index >= 15 is 0 Å². The number of carboxylic acids is 2. The fourth-order valence-electron chi connectivity index (χ4n) is 6.89. The van der Waals surface area contributed by atoms with Gasteiger partial charge >= 0.3 is 11.9 Å². The highest BCUT2D eigenvalue weighted by Crippen LogP contribution is 2.19. The maximum atomic E-state index is 14.3. The summed E-state index contributed by atoms with van der Waals surface area (Å²) >= 11 is 0. The molecular weight excluding hydrogens is 885 g/mol. The van der Waals surface area contributed by atoms with Crippen molar-refractivity contribution in [3.63, 3.8) is 0 Å². The molecule has 1 saturated heterocycles. The van der Waals surface area contributed by atoms with Crippen LogP contribution >= 0.6 is 0 Å². The van der Waals surface area contributed by atoms with Gasteiger partial charge in [-0.15, -0.1) is 0 Å². The number of carboxylic acid groups (broad SMARTS) is 2. The van der Waals surface area contributed by atoms with Crippen molar-refractivity contribution in [1.82, 2.24) is 36.8 Å². The van der Waals surface area contributed by atoms with E-state index in [0.29, 0.717) is 12.0 Å². The molecule has 1 unspecified atom stereocenters. The van der Waals surface area contributed by atoms with Gasteiger partial charge in [-0.3, -0.25) is 38.6 Å². The molecule has 374 valence electrons. The van der Waals surface area contributed by atoms with Gasteiger partial charge in [-0.2, -0.15) is 0 Å². The van der Waals surface area contributed by atoms with Crippen LogP contribution in [0.2, 0.25) is 0 Å². The number of hydrogen-bond acceptors (Lipinski definition) is 11. The maximum Gasteiger partial charge on any atom is 0.327 e. The van der Waals surface area contributed by atoms with Gasteiger partial charge in [0.25, 0.3) is 5.91 Å². The van der Waals surface area contributed by atoms with Crippen LogP contribution in [-0.2, 0) is 54.3 Å². The molecule has 0 aliphatic carbocycles. The first-order valence-electron chi connectivity index (χ1n) is 22.1. The van der Waals surface area contributed by atoms with Crippen LogP contribution in [0.15, 0.2) is 71.4 Å². The molecule has 12 N–H and O–H groups in total. The Morgan fingerprint density at radius 1 is 0.853 bits per heavy atom. The van der Waals surface area contributed by atoms with Crippen LogP contribution in [0.3, 0.4) is 0 Å². The summed E-state index contributed by atoms with van der Waals surface area (Å²) in [5.41, 5.74) is 12.3. The van der Waals surface area contributed by atoms with Crippen LogP contribution in [0, 0.1) is 17.8 Å². The van der Waals surface area contributed by atoms with Crippen molar-refractivity contribution < 1.29 is 58.1 Å². The summed E-state index contributed by atoms with van der Waals surface area (Å²) in [5.74, 6) is -12.5. The number of hydrogen-bond donors (Lipinski definition) is 10. The summed E-state index contributed by atoms with van der Waals surface area (Å²) in [6, 6.07) is 0.970. The molecule has 1 aliphatic rings. The van der Waals surface area contributed by atoms with Crippen molar-refractivity contribution in [2.75, 3.05) is 20.7 Å². The number of benzene rings is 1. The average molecular weight is 953 g/mol. The number of carbonyl (C=O) groups excluding carboxylic acids is 7. The average Bonchev–Trinajstić information content (AvgIpc) is 3.28. The van der Waals surface area contributed by atoms with Crippen LogP contribution < -0.4 is 43.4 Å². The lowest BCUT2D eigenvalue weighted by molar-refractivity contribution is -0.146. The fourth-order valence-corrected chi connectivity index (χ4v) is 6.89. The number of carbonyl (C=O) groups is 9. The van der Waals surface area contributed by atoms with Gasteiger partial charge < -0.3 is 63.2 Å². The molecule has 68 heavy (non-hydrogen) atoms. The molecule has 22 heteroatoms. The number of amides is 7. The van der Waals surface area contributed by atoms with Gasteiger partial charge in [0.2, 0.25) is 35.4 Å². The summed E-state index contributed by atoms with van der Waals surface area (Å²) in [6.07, 6.45) is 4.62. The topological polar surface area (TPSA) is 343 Å². The van der Waals surface area contributed by atoms with E-state index in [1.807, 2.05) is 43.3 Å². The zero-order valence-corrected chi connectivity index (χ0v) is 39.9. The van der Waals surface area contributed by atoms with Crippen LogP contribution in [0.1, 0.15) is 72.8 Å². The SMILES string of the molecule is C=C1C(=O)N[C@H](C)C(=O)N[C@H](C)C(=O)N[C@@H](C(=O)O)C(C)C(=O)N[C@H](CCCN=C(N)N)C(=O)N[C@@H](/C=C/C(C)=C/[C@H](C)[C@H](Cc2ccccc2)OC)[C@H](C)C(=O)N[C@@H](C(=O)O)CCC(=O)N1C. The lowest BCUT2D eigenvalue weighted by Gasteiger charge is -2.28. The summed E-state index contributed by atoms with van der Waals surface area (Å²) in [7, 11) is 2.81. The molecule has 1 aromatic carbocycles. The third kappa shape index (κ3) is 18.3. The molecule has 0 spiro atoms. The number of aliphatic carboxylic acids is 2. The molecule has 0 saturated carbocycles. The third-order valence-electron chi connectivity index (χ3n) is 11.4. The van der Waals surface area contributed by atoms with Gasteiger partial charge in [0.05, 0.1) is 24.0 Å². The number of allylic oxidation sites excluding steroid dienone is 2. The van der Waals surface area contributed by atoms with E-state index in [9.17, 15) is 53.4 Å². The molecule has 10 atom stereocenters. The van der Waals surface area contributed by atoms with E-state index in [-0.39, 0.29) is 37.4 Å². The second kappa shape index (κ2) is 27.5. The minimum Gasteiger partial charge on any atom is -0.480 e. The highest BCUT2D eigenvalue weighted by Gasteiger charge is 2.36. The van der Waals surface area contributed by atoms with Gasteiger partial charge in [-0.05, 0) is 52.0 Å². The first kappa shape index (κ1) is 57.0. The number of nitrogens with one attached hydrogen (secondary N) is 6. The van der Waals surface area contributed by atoms with Crippen molar-refractivity contribution in [2.24, 2.45) is 34.2 Å². The van der Waals surface area contributed by atoms with Gasteiger partial charge in [-0.1, -0.05) is 81.5 Å². The summed E-state index contributed by atoms with van der Waals surface area (Å²) in [6.45, 7) is 12.5. The minimum atomic E-state index is -1.88. The standard InChI is InChI=1S/C46H68N10O12/c1-24(22-25(2)35(68-9)23-31-14-11-10-12-15-31)17-18-32-26(3)38(58)54-34(44(64)65)19-20-36(57)56(8)30(7)42(62)51-28(5)40(60)50-29(6)41(61)55-37(45(66)67)27(4)39(59)53-33(43(63)52-32)16-13-21-49-46(47)48/h10-12,14-15,17-18,22,25-29,32-35,37H,7,13,16,19-21,23H2,1-6,8-9H3,(H,50,60)(H,51,62)(H,52,63)(H,53,59)(H,54,58)(H,55,61)(H,64,65)(H,66,67)(H4,47,48,49)/b18-17+,24-22+/t25-,26-,27?,28+,29+,32-,33+,34+,35-,37+/m0/s1. The zero-order chi connectivity index (χ0) is 51.4. The molecular formula is C46H68N10O12. The van der Waals surface area contributed by atoms with Gasteiger partial charge in [0.1, 0.15) is 35.9 Å². The Hall–Kier alpha value is -7.10. The normalized spacial score (nSPS) is 25.8. The number of ether oxygens (including phenoxy) is 1. The zero-order valence-electron chi connectivity index (χ0n) is 39.9. The number of nitrogens with zero attached hydrogens (tertiary/aromatic N) is 2. The molecule has 0 radical (unpaired) electrons. The Balaban J connectivity index is 2.68. The quantitative estimate of drug-likeness (QED) is 0.0396. The highest BCUT2D eigenvalue weighted by molar-refractivity contribution is 6.00. The first-order valence-corrected chi connectivity index (χ1v) is 22.1. The molecule has 0 bridgehead atoms. The predicted octanol–water partition coefficient (Wildman–Crippen LogP) is -0.408. The number of likely N-dealkylation sites (N-methyl/N-ethyl adjacent to an activating group) is 1. The predicted molar refractivity (Wildman–Crippen MR) is 251 cm³/mol. The molecule has 1 aliphatic heterocycles. The summed E-state index contributed by atoms with van der Waals surface area (Å²) < 4.78 is 5.80. The molecule has 2 rings (SSSR count). The van der Waals surface area contributed by atoms with Crippen LogP contribution in [0.4, 0.5) is 0 Å². The second-order valence-corrected chi connectivity index (χ2v) is 16.8. The summed E-state index contributed by atoms with van der Waals surface area (Å²) in [4.78, 5) is 124. The number of rotatable bonds is 13. The highest BCUT2D eigenvalue weighted by atomic mass is 16.5. The Labute approximate surface area is 396 Å². The van der Waals surface area contributed by atoms with Gasteiger partial charge in [0.15, 0.2) is 5.96 Å². The molecule has 1 aromatic rings. The molecule has 22 nitrogen and oxygen atoms in total. The molecule has 1 fully saturated rings. The van der Waals surface area contributed by atoms with Crippen LogP contribution in [0.5, 0.6) is 0 Å². The lowest BCUT2D eigenvalue weighted by atomic mass is 9.94. The Kier molecular flexibility index (Phi) is 23.1. The van der Waals surface area contributed by atoms with Crippen molar-refractivity contribution >= 4 is 59.2 Å². The summed E-state index contributed by atoms with van der Waals surface area (Å²) in [5, 5.41) is 34.9. The minimum absolute atomic E-state index is 0.0251. The number of nitrogens with two attached hydrogens (primary N) is 2. The number of guanidine groups is 1. The van der Waals surface area contributed by atoms with Crippen molar-refractivity contribution in [3.8, 4) is 0 Å². The van der Waals surface area contributed by atoms with Gasteiger partial charge in [-0.25, -0.2) is 9.59 Å². The maximum absolute atomic E-state index is 14.3. The molecule has 7 amide bonds. The van der Waals surface area contributed by atoms with E-state index in [2.05, 4.69) is 43.5 Å². The second-order valence-electron chi connectivity index (χ2n) is 16.8. The fraction of sp³-hybridized carbons (Fsp3) is 0.522. The third-order valence-corrected chi connectivity index (χ3v) is 11.4. The van der Waals surface area contributed by atoms with E-state index < -0.39 is 120 Å². The lowest BCUT2D eigenvalue weighted by Crippen LogP contribution is -2.58. The van der Waals surface area contributed by atoms with Crippen molar-refractivity contribution in [1.29, 1.82) is 0 Å². The first-order chi connectivity index (χ1) is 31.9. The molecule has 0 aromatic heterocycles. The van der Waals surface area contributed by atoms with Crippen LogP contribution in [-0.4, -0.2) is 137 Å². The van der Waals surface area contributed by atoms with E-state index in [4.69, 9.17) is 16.2 Å². The number of methoxy groups -OCH3 is 1. The Morgan fingerprint density at radius 2 is 1.46 bits per heavy atom. The Bertz CT molecular complexity index is 2090. The largest absolute Gasteiger partial charge is 0.480 e. The number of aliphatic imine (C=N–C) groups is 1. The van der Waals surface area contributed by atoms with E-state index in [1.54, 1.807) is 20.1 Å². The van der Waals surface area contributed by atoms with Crippen molar-refractivity contribution in [2.45, 2.75) is 116 Å². The van der Waals surface area contributed by atoms with Gasteiger partial charge in [0, 0.05) is 33.0 Å².